The van der Waals surface area contributed by atoms with Gasteiger partial charge in [-0.05, 0) is 68.1 Å². The van der Waals surface area contributed by atoms with Gasteiger partial charge in [-0.25, -0.2) is 0 Å². The Morgan fingerprint density at radius 3 is 2.00 bits per heavy atom. The van der Waals surface area contributed by atoms with Gasteiger partial charge in [-0.1, -0.05) is 26.7 Å². The van der Waals surface area contributed by atoms with Gasteiger partial charge in [-0.2, -0.15) is 0 Å². The minimum absolute atomic E-state index is 0.109. The highest BCUT2D eigenvalue weighted by atomic mass is 16.1. The quantitative estimate of drug-likeness (QED) is 0.700. The van der Waals surface area contributed by atoms with Gasteiger partial charge in [0.25, 0.3) is 0 Å². The number of ketones is 1. The van der Waals surface area contributed by atoms with Crippen molar-refractivity contribution in [2.75, 3.05) is 0 Å². The van der Waals surface area contributed by atoms with Crippen molar-refractivity contribution in [1.29, 1.82) is 0 Å². The van der Waals surface area contributed by atoms with Gasteiger partial charge < -0.3 is 0 Å². The minimum atomic E-state index is 0.109. The lowest BCUT2D eigenvalue weighted by Crippen LogP contribution is -2.58. The van der Waals surface area contributed by atoms with Crippen molar-refractivity contribution in [3.8, 4) is 0 Å². The summed E-state index contributed by atoms with van der Waals surface area (Å²) in [5.74, 6) is 1.99. The summed E-state index contributed by atoms with van der Waals surface area (Å²) < 4.78 is 0. The van der Waals surface area contributed by atoms with E-state index in [1.165, 1.54) is 64.2 Å². The normalized spacial score (nSPS) is 52.8. The third-order valence-corrected chi connectivity index (χ3v) is 6.87. The summed E-state index contributed by atoms with van der Waals surface area (Å²) in [6, 6.07) is 0. The molecular formula is C18H28O. The summed E-state index contributed by atoms with van der Waals surface area (Å²) in [6.45, 7) is 4.96. The lowest BCUT2D eigenvalue weighted by atomic mass is 9.39. The van der Waals surface area contributed by atoms with Crippen molar-refractivity contribution in [1.82, 2.24) is 0 Å². The third-order valence-electron chi connectivity index (χ3n) is 6.87. The van der Waals surface area contributed by atoms with Gasteiger partial charge in [-0.15, -0.1) is 0 Å². The lowest BCUT2D eigenvalue weighted by Gasteiger charge is -2.65. The van der Waals surface area contributed by atoms with E-state index in [2.05, 4.69) is 13.8 Å². The van der Waals surface area contributed by atoms with Crippen LogP contribution in [0.1, 0.15) is 78.1 Å². The molecule has 0 aliphatic heterocycles. The first-order valence-electron chi connectivity index (χ1n) is 8.47. The van der Waals surface area contributed by atoms with Crippen LogP contribution in [0, 0.1) is 28.1 Å². The Morgan fingerprint density at radius 1 is 0.895 bits per heavy atom. The van der Waals surface area contributed by atoms with Crippen LogP contribution in [0.5, 0.6) is 0 Å². The molecule has 106 valence electrons. The number of hydrogen-bond acceptors (Lipinski definition) is 1. The molecule has 0 aromatic rings. The lowest BCUT2D eigenvalue weighted by molar-refractivity contribution is -0.171. The molecule has 2 atom stereocenters. The molecule has 2 unspecified atom stereocenters. The first-order valence-corrected chi connectivity index (χ1v) is 8.47. The monoisotopic (exact) mass is 260 g/mol. The summed E-state index contributed by atoms with van der Waals surface area (Å²) >= 11 is 0. The second-order valence-corrected chi connectivity index (χ2v) is 9.26. The molecule has 4 bridgehead atoms. The molecule has 0 radical (unpaired) electrons. The van der Waals surface area contributed by atoms with Crippen molar-refractivity contribution >= 4 is 5.78 Å². The van der Waals surface area contributed by atoms with E-state index in [1.807, 2.05) is 0 Å². The van der Waals surface area contributed by atoms with E-state index < -0.39 is 0 Å². The van der Waals surface area contributed by atoms with E-state index in [0.29, 0.717) is 22.5 Å². The number of carbonyl (C=O) groups is 1. The van der Waals surface area contributed by atoms with Crippen LogP contribution >= 0.6 is 0 Å². The summed E-state index contributed by atoms with van der Waals surface area (Å²) in [7, 11) is 0. The standard InChI is InChI=1S/C18H28O/c1-16-7-13-8-17(2,10-16)12-18(9-13,11-16)15(19)14-5-3-4-6-14/h13-14H,3-12H2,1-2H3. The smallest absolute Gasteiger partial charge is 0.142 e. The first kappa shape index (κ1) is 12.4. The van der Waals surface area contributed by atoms with Gasteiger partial charge in [0.15, 0.2) is 0 Å². The maximum atomic E-state index is 13.2. The zero-order chi connectivity index (χ0) is 13.3. The molecule has 0 aromatic heterocycles. The van der Waals surface area contributed by atoms with Gasteiger partial charge in [0.05, 0.1) is 0 Å². The average molecular weight is 260 g/mol. The Morgan fingerprint density at radius 2 is 1.47 bits per heavy atom. The van der Waals surface area contributed by atoms with Crippen LogP contribution in [-0.4, -0.2) is 5.78 Å². The van der Waals surface area contributed by atoms with Crippen LogP contribution in [0.15, 0.2) is 0 Å². The molecule has 5 rings (SSSR count). The number of rotatable bonds is 2. The third kappa shape index (κ3) is 1.76. The molecule has 5 aliphatic carbocycles. The predicted molar refractivity (Wildman–Crippen MR) is 76.8 cm³/mol. The fourth-order valence-electron chi connectivity index (χ4n) is 7.34. The summed E-state index contributed by atoms with van der Waals surface area (Å²) in [5, 5.41) is 0. The summed E-state index contributed by atoms with van der Waals surface area (Å²) in [4.78, 5) is 13.2. The molecule has 1 heteroatoms. The van der Waals surface area contributed by atoms with E-state index in [0.717, 1.165) is 5.92 Å². The fraction of sp³-hybridized carbons (Fsp3) is 0.944. The van der Waals surface area contributed by atoms with Crippen molar-refractivity contribution in [2.24, 2.45) is 28.1 Å². The van der Waals surface area contributed by atoms with Crippen LogP contribution in [0.25, 0.3) is 0 Å². The molecule has 5 fully saturated rings. The molecule has 0 N–H and O–H groups in total. The molecule has 0 spiro atoms. The summed E-state index contributed by atoms with van der Waals surface area (Å²) in [5.41, 5.74) is 1.09. The minimum Gasteiger partial charge on any atom is -0.299 e. The van der Waals surface area contributed by atoms with Crippen molar-refractivity contribution < 1.29 is 4.79 Å². The molecule has 0 saturated heterocycles. The van der Waals surface area contributed by atoms with Gasteiger partial charge in [0.2, 0.25) is 0 Å². The second kappa shape index (κ2) is 3.65. The van der Waals surface area contributed by atoms with Gasteiger partial charge in [-0.3, -0.25) is 4.79 Å². The van der Waals surface area contributed by atoms with E-state index in [-0.39, 0.29) is 5.41 Å². The highest BCUT2D eigenvalue weighted by Crippen LogP contribution is 2.70. The Balaban J connectivity index is 1.68. The zero-order valence-corrected chi connectivity index (χ0v) is 12.6. The van der Waals surface area contributed by atoms with Gasteiger partial charge >= 0.3 is 0 Å². The van der Waals surface area contributed by atoms with Crippen LogP contribution in [0.3, 0.4) is 0 Å². The molecular weight excluding hydrogens is 232 g/mol. The first-order chi connectivity index (χ1) is 8.92. The predicted octanol–water partition coefficient (Wildman–Crippen LogP) is 4.74. The molecule has 0 heterocycles. The number of Topliss-reactive ketones (excluding diaryl/α,β-unsaturated/α-hetero) is 1. The van der Waals surface area contributed by atoms with E-state index in [4.69, 9.17) is 0 Å². The van der Waals surface area contributed by atoms with Crippen molar-refractivity contribution in [3.05, 3.63) is 0 Å². The molecule has 0 aromatic carbocycles. The van der Waals surface area contributed by atoms with E-state index in [9.17, 15) is 4.79 Å². The van der Waals surface area contributed by atoms with Gasteiger partial charge in [0.1, 0.15) is 5.78 Å². The fourth-order valence-corrected chi connectivity index (χ4v) is 7.34. The number of carbonyl (C=O) groups excluding carboxylic acids is 1. The topological polar surface area (TPSA) is 17.1 Å². The molecule has 5 saturated carbocycles. The molecule has 1 nitrogen and oxygen atoms in total. The van der Waals surface area contributed by atoms with E-state index in [1.54, 1.807) is 0 Å². The largest absolute Gasteiger partial charge is 0.299 e. The van der Waals surface area contributed by atoms with E-state index >= 15 is 0 Å². The Labute approximate surface area is 117 Å². The van der Waals surface area contributed by atoms with Crippen LogP contribution in [0.2, 0.25) is 0 Å². The molecule has 19 heavy (non-hydrogen) atoms. The van der Waals surface area contributed by atoms with Gasteiger partial charge in [0, 0.05) is 11.3 Å². The average Bonchev–Trinajstić information content (AvgIpc) is 2.75. The Kier molecular flexibility index (Phi) is 2.39. The second-order valence-electron chi connectivity index (χ2n) is 9.26. The maximum absolute atomic E-state index is 13.2. The van der Waals surface area contributed by atoms with Crippen LogP contribution in [-0.2, 0) is 4.79 Å². The Bertz CT molecular complexity index is 399. The molecule has 5 aliphatic rings. The summed E-state index contributed by atoms with van der Waals surface area (Å²) in [6.07, 6.45) is 12.9. The molecule has 0 amide bonds. The van der Waals surface area contributed by atoms with Crippen LogP contribution in [0.4, 0.5) is 0 Å². The maximum Gasteiger partial charge on any atom is 0.142 e. The highest BCUT2D eigenvalue weighted by molar-refractivity contribution is 5.88. The highest BCUT2D eigenvalue weighted by Gasteiger charge is 2.63. The van der Waals surface area contributed by atoms with Crippen molar-refractivity contribution in [3.63, 3.8) is 0 Å². The Hall–Kier alpha value is -0.330. The van der Waals surface area contributed by atoms with Crippen molar-refractivity contribution in [2.45, 2.75) is 78.1 Å². The SMILES string of the molecule is CC12CC3CC(C)(C1)CC(C(=O)C1CCCC1)(C3)C2. The number of hydrogen-bond donors (Lipinski definition) is 0. The van der Waals surface area contributed by atoms with Crippen LogP contribution < -0.4 is 0 Å². The zero-order valence-electron chi connectivity index (χ0n) is 12.6.